The highest BCUT2D eigenvalue weighted by Gasteiger charge is 2.36. The molecule has 3 aromatic heterocycles. The summed E-state index contributed by atoms with van der Waals surface area (Å²) in [5, 5.41) is 15.0. The molecule has 55 heavy (non-hydrogen) atoms. The summed E-state index contributed by atoms with van der Waals surface area (Å²) in [7, 11) is 0. The molecule has 0 saturated carbocycles. The van der Waals surface area contributed by atoms with Crippen LogP contribution in [0.3, 0.4) is 0 Å². The van der Waals surface area contributed by atoms with E-state index in [1.165, 1.54) is 33.0 Å². The van der Waals surface area contributed by atoms with Crippen LogP contribution in [0.4, 0.5) is 0 Å². The molecule has 0 aliphatic heterocycles. The van der Waals surface area contributed by atoms with Crippen LogP contribution in [-0.4, -0.2) is 14.5 Å². The third-order valence-corrected chi connectivity index (χ3v) is 11.5. The maximum atomic E-state index is 10.6. The zero-order chi connectivity index (χ0) is 36.8. The first-order valence-corrected chi connectivity index (χ1v) is 18.6. The van der Waals surface area contributed by atoms with Crippen LogP contribution in [0.25, 0.3) is 94.5 Å². The van der Waals surface area contributed by atoms with Gasteiger partial charge in [-0.3, -0.25) is 0 Å². The van der Waals surface area contributed by atoms with Crippen molar-refractivity contribution in [3.8, 4) is 56.8 Å². The molecule has 0 atom stereocenters. The Morgan fingerprint density at radius 1 is 0.564 bits per heavy atom. The number of rotatable bonds is 4. The monoisotopic (exact) mass is 704 g/mol. The van der Waals surface area contributed by atoms with E-state index in [4.69, 9.17) is 14.4 Å². The Kier molecular flexibility index (Phi) is 6.59. The van der Waals surface area contributed by atoms with Gasteiger partial charge < -0.3 is 8.98 Å². The van der Waals surface area contributed by atoms with Gasteiger partial charge in [0.1, 0.15) is 22.8 Å². The Morgan fingerprint density at radius 3 is 1.93 bits per heavy atom. The maximum Gasteiger partial charge on any atom is 0.164 e. The topological polar surface area (TPSA) is 67.6 Å². The first-order valence-electron chi connectivity index (χ1n) is 18.6. The molecular formula is C50H32N4O. The predicted octanol–water partition coefficient (Wildman–Crippen LogP) is 12.7. The number of hydrogen-bond donors (Lipinski definition) is 0. The lowest BCUT2D eigenvalue weighted by Gasteiger charge is -2.21. The Bertz CT molecular complexity index is 3180. The molecule has 258 valence electrons. The largest absolute Gasteiger partial charge is 0.455 e. The smallest absolute Gasteiger partial charge is 0.164 e. The minimum atomic E-state index is -0.150. The number of fused-ring (bicyclic) bond motifs is 9. The molecule has 1 aliphatic rings. The summed E-state index contributed by atoms with van der Waals surface area (Å²) in [4.78, 5) is 10.3. The van der Waals surface area contributed by atoms with Gasteiger partial charge in [-0.25, -0.2) is 9.97 Å². The summed E-state index contributed by atoms with van der Waals surface area (Å²) < 4.78 is 9.24. The molecule has 0 amide bonds. The van der Waals surface area contributed by atoms with Gasteiger partial charge in [0.05, 0.1) is 39.1 Å². The summed E-state index contributed by atoms with van der Waals surface area (Å²) in [6.07, 6.45) is 0. The number of nitrogens with zero attached hydrogens (tertiary/aromatic N) is 4. The SMILES string of the molecule is CC1(C)c2ccccc2-c2cc3c4ccccc4n(-c4ccc(-c5nc(-c6ccccc6)c(C#N)c(-c6ccccc6)n5)c5oc6ccccc6c45)c3cc21. The highest BCUT2D eigenvalue weighted by atomic mass is 16.3. The van der Waals surface area contributed by atoms with E-state index in [1.807, 2.05) is 72.8 Å². The fourth-order valence-electron chi connectivity index (χ4n) is 8.89. The molecular weight excluding hydrogens is 673 g/mol. The van der Waals surface area contributed by atoms with Gasteiger partial charge in [-0.15, -0.1) is 0 Å². The second-order valence-electron chi connectivity index (χ2n) is 14.8. The van der Waals surface area contributed by atoms with Crippen molar-refractivity contribution in [2.45, 2.75) is 19.3 Å². The van der Waals surface area contributed by atoms with Gasteiger partial charge >= 0.3 is 0 Å². The van der Waals surface area contributed by atoms with E-state index in [2.05, 4.69) is 109 Å². The van der Waals surface area contributed by atoms with Crippen LogP contribution in [-0.2, 0) is 5.41 Å². The van der Waals surface area contributed by atoms with E-state index >= 15 is 0 Å². The molecule has 7 aromatic carbocycles. The highest BCUT2D eigenvalue weighted by molar-refractivity contribution is 6.17. The molecule has 5 heteroatoms. The zero-order valence-corrected chi connectivity index (χ0v) is 30.2. The van der Waals surface area contributed by atoms with Crippen LogP contribution >= 0.6 is 0 Å². The van der Waals surface area contributed by atoms with Gasteiger partial charge in [-0.05, 0) is 58.7 Å². The van der Waals surface area contributed by atoms with Gasteiger partial charge in [-0.2, -0.15) is 5.26 Å². The van der Waals surface area contributed by atoms with Crippen molar-refractivity contribution in [2.75, 3.05) is 0 Å². The molecule has 0 unspecified atom stereocenters. The fraction of sp³-hybridized carbons (Fsp3) is 0.0600. The van der Waals surface area contributed by atoms with Gasteiger partial charge in [0, 0.05) is 32.7 Å². The lowest BCUT2D eigenvalue weighted by atomic mass is 9.82. The normalized spacial score (nSPS) is 13.0. The van der Waals surface area contributed by atoms with Gasteiger partial charge in [0.2, 0.25) is 0 Å². The number of nitriles is 1. The lowest BCUT2D eigenvalue weighted by Crippen LogP contribution is -2.15. The van der Waals surface area contributed by atoms with Crippen LogP contribution in [0.15, 0.2) is 162 Å². The molecule has 0 N–H and O–H groups in total. The van der Waals surface area contributed by atoms with E-state index in [0.717, 1.165) is 49.8 Å². The first kappa shape index (κ1) is 31.3. The second kappa shape index (κ2) is 11.6. The minimum absolute atomic E-state index is 0.150. The number of para-hydroxylation sites is 2. The Balaban J connectivity index is 1.23. The summed E-state index contributed by atoms with van der Waals surface area (Å²) >= 11 is 0. The van der Waals surface area contributed by atoms with Crippen LogP contribution in [0.2, 0.25) is 0 Å². The van der Waals surface area contributed by atoms with Crippen LogP contribution in [0.1, 0.15) is 30.5 Å². The zero-order valence-electron chi connectivity index (χ0n) is 30.2. The molecule has 11 rings (SSSR count). The van der Waals surface area contributed by atoms with Crippen molar-refractivity contribution >= 4 is 43.7 Å². The molecule has 0 spiro atoms. The van der Waals surface area contributed by atoms with Gasteiger partial charge in [-0.1, -0.05) is 135 Å². The Labute approximate surface area is 317 Å². The average molecular weight is 705 g/mol. The summed E-state index contributed by atoms with van der Waals surface area (Å²) in [5.41, 5.74) is 13.9. The molecule has 0 saturated heterocycles. The van der Waals surface area contributed by atoms with Crippen LogP contribution in [0.5, 0.6) is 0 Å². The van der Waals surface area contributed by atoms with Gasteiger partial charge in [0.15, 0.2) is 5.82 Å². The Hall–Kier alpha value is -7.29. The van der Waals surface area contributed by atoms with Crippen molar-refractivity contribution in [3.05, 3.63) is 174 Å². The molecule has 3 heterocycles. The van der Waals surface area contributed by atoms with E-state index in [1.54, 1.807) is 0 Å². The molecule has 0 bridgehead atoms. The summed E-state index contributed by atoms with van der Waals surface area (Å²) in [6, 6.07) is 57.0. The van der Waals surface area contributed by atoms with E-state index < -0.39 is 0 Å². The summed E-state index contributed by atoms with van der Waals surface area (Å²) in [5.74, 6) is 0.492. The third-order valence-electron chi connectivity index (χ3n) is 11.5. The fourth-order valence-corrected chi connectivity index (χ4v) is 8.89. The standard InChI is InChI=1S/C50H32N4O/c1-50(2)39-22-12-9-19-32(39)36-27-37-33-20-10-13-23-41(33)54(43(37)28-40(36)50)42-26-25-35(48-45(42)34-21-11-14-24-44(34)55-48)49-52-46(30-15-5-3-6-16-30)38(29-51)47(53-49)31-17-7-4-8-18-31/h3-28H,1-2H3. The average Bonchev–Trinajstić information content (AvgIpc) is 3.86. The second-order valence-corrected chi connectivity index (χ2v) is 14.8. The van der Waals surface area contributed by atoms with Crippen LogP contribution in [0, 0.1) is 11.3 Å². The van der Waals surface area contributed by atoms with E-state index in [9.17, 15) is 5.26 Å². The molecule has 0 fully saturated rings. The molecule has 10 aromatic rings. The molecule has 5 nitrogen and oxygen atoms in total. The number of hydrogen-bond acceptors (Lipinski definition) is 4. The maximum absolute atomic E-state index is 10.6. The number of benzene rings is 7. The van der Waals surface area contributed by atoms with Gasteiger partial charge in [0.25, 0.3) is 0 Å². The van der Waals surface area contributed by atoms with Crippen molar-refractivity contribution in [3.63, 3.8) is 0 Å². The van der Waals surface area contributed by atoms with Crippen molar-refractivity contribution in [1.29, 1.82) is 5.26 Å². The minimum Gasteiger partial charge on any atom is -0.455 e. The highest BCUT2D eigenvalue weighted by Crippen LogP contribution is 2.51. The number of furan rings is 1. The summed E-state index contributed by atoms with van der Waals surface area (Å²) in [6.45, 7) is 4.66. The van der Waals surface area contributed by atoms with Crippen LogP contribution < -0.4 is 0 Å². The van der Waals surface area contributed by atoms with Crippen molar-refractivity contribution < 1.29 is 4.42 Å². The first-order chi connectivity index (χ1) is 27.0. The Morgan fingerprint density at radius 2 is 1.20 bits per heavy atom. The third kappa shape index (κ3) is 4.46. The predicted molar refractivity (Wildman–Crippen MR) is 222 cm³/mol. The molecule has 0 radical (unpaired) electrons. The van der Waals surface area contributed by atoms with Crippen molar-refractivity contribution in [1.82, 2.24) is 14.5 Å². The molecule has 1 aliphatic carbocycles. The number of aromatic nitrogens is 3. The quantitative estimate of drug-likeness (QED) is 0.183. The van der Waals surface area contributed by atoms with E-state index in [0.29, 0.717) is 28.4 Å². The van der Waals surface area contributed by atoms with E-state index in [-0.39, 0.29) is 5.41 Å². The van der Waals surface area contributed by atoms with Crippen molar-refractivity contribution in [2.24, 2.45) is 0 Å². The lowest BCUT2D eigenvalue weighted by molar-refractivity contribution is 0.661.